The molecule has 1 atom stereocenters. The van der Waals surface area contributed by atoms with Crippen LogP contribution in [0.4, 0.5) is 5.69 Å². The zero-order valence-corrected chi connectivity index (χ0v) is 13.2. The minimum absolute atomic E-state index is 0.136. The van der Waals surface area contributed by atoms with Crippen LogP contribution in [-0.4, -0.2) is 20.7 Å². The summed E-state index contributed by atoms with van der Waals surface area (Å²) in [6.07, 6.45) is 2.93. The molecule has 0 fully saturated rings. The summed E-state index contributed by atoms with van der Waals surface area (Å²) in [6, 6.07) is 5.35. The zero-order valence-electron chi connectivity index (χ0n) is 9.47. The van der Waals surface area contributed by atoms with Crippen LogP contribution in [0.2, 0.25) is 0 Å². The van der Waals surface area contributed by atoms with Gasteiger partial charge in [-0.1, -0.05) is 0 Å². The van der Waals surface area contributed by atoms with Crippen molar-refractivity contribution in [1.82, 2.24) is 14.8 Å². The molecule has 0 bridgehead atoms. The normalized spacial score (nSPS) is 12.2. The predicted molar refractivity (Wildman–Crippen MR) is 80.2 cm³/mol. The second-order valence-corrected chi connectivity index (χ2v) is 5.76. The Kier molecular flexibility index (Phi) is 4.33. The SMILES string of the molecule is CC(C(=O)Nc1cc(I)ccc1Br)n1cncn1. The van der Waals surface area contributed by atoms with Crippen molar-refractivity contribution in [2.24, 2.45) is 0 Å². The lowest BCUT2D eigenvalue weighted by Gasteiger charge is -2.13. The lowest BCUT2D eigenvalue weighted by Crippen LogP contribution is -2.24. The van der Waals surface area contributed by atoms with Gasteiger partial charge in [0.1, 0.15) is 18.7 Å². The molecule has 1 aromatic heterocycles. The highest BCUT2D eigenvalue weighted by Crippen LogP contribution is 2.25. The average molecular weight is 421 g/mol. The third-order valence-electron chi connectivity index (χ3n) is 2.40. The second kappa shape index (κ2) is 5.79. The summed E-state index contributed by atoms with van der Waals surface area (Å²) < 4.78 is 3.42. The van der Waals surface area contributed by atoms with E-state index in [4.69, 9.17) is 0 Å². The van der Waals surface area contributed by atoms with Crippen molar-refractivity contribution in [1.29, 1.82) is 0 Å². The van der Waals surface area contributed by atoms with E-state index in [1.54, 1.807) is 6.92 Å². The Balaban J connectivity index is 2.14. The molecule has 94 valence electrons. The Labute approximate surface area is 126 Å². The predicted octanol–water partition coefficient (Wildman–Crippen LogP) is 2.84. The molecule has 0 spiro atoms. The van der Waals surface area contributed by atoms with E-state index < -0.39 is 6.04 Å². The van der Waals surface area contributed by atoms with E-state index in [0.29, 0.717) is 0 Å². The molecule has 1 unspecified atom stereocenters. The van der Waals surface area contributed by atoms with Gasteiger partial charge < -0.3 is 5.32 Å². The van der Waals surface area contributed by atoms with E-state index in [1.807, 2.05) is 18.2 Å². The Hall–Kier alpha value is -0.960. The van der Waals surface area contributed by atoms with E-state index >= 15 is 0 Å². The summed E-state index contributed by atoms with van der Waals surface area (Å²) in [5, 5.41) is 6.81. The third-order valence-corrected chi connectivity index (χ3v) is 3.76. The lowest BCUT2D eigenvalue weighted by atomic mass is 10.3. The largest absolute Gasteiger partial charge is 0.323 e. The van der Waals surface area contributed by atoms with Gasteiger partial charge in [0, 0.05) is 8.04 Å². The van der Waals surface area contributed by atoms with Crippen molar-refractivity contribution >= 4 is 50.1 Å². The van der Waals surface area contributed by atoms with Gasteiger partial charge in [-0.2, -0.15) is 5.10 Å². The van der Waals surface area contributed by atoms with Crippen LogP contribution in [0.3, 0.4) is 0 Å². The average Bonchev–Trinajstić information content (AvgIpc) is 2.86. The second-order valence-electron chi connectivity index (χ2n) is 3.66. The lowest BCUT2D eigenvalue weighted by molar-refractivity contribution is -0.119. The summed E-state index contributed by atoms with van der Waals surface area (Å²) in [7, 11) is 0. The number of amides is 1. The Morgan fingerprint density at radius 1 is 1.56 bits per heavy atom. The standard InChI is InChI=1S/C11H10BrIN4O/c1-7(17-6-14-5-15-17)11(18)16-10-4-8(13)2-3-9(10)12/h2-7H,1H3,(H,16,18). The van der Waals surface area contributed by atoms with Gasteiger partial charge in [-0.3, -0.25) is 4.79 Å². The fraction of sp³-hybridized carbons (Fsp3) is 0.182. The first kappa shape index (κ1) is 13.5. The molecular weight excluding hydrogens is 411 g/mol. The fourth-order valence-electron chi connectivity index (χ4n) is 1.37. The third kappa shape index (κ3) is 3.08. The number of benzene rings is 1. The molecule has 5 nitrogen and oxygen atoms in total. The van der Waals surface area contributed by atoms with E-state index in [0.717, 1.165) is 13.7 Å². The van der Waals surface area contributed by atoms with Gasteiger partial charge in [0.25, 0.3) is 0 Å². The minimum Gasteiger partial charge on any atom is -0.323 e. The van der Waals surface area contributed by atoms with Crippen molar-refractivity contribution in [2.75, 3.05) is 5.32 Å². The fourth-order valence-corrected chi connectivity index (χ4v) is 2.20. The van der Waals surface area contributed by atoms with Gasteiger partial charge in [-0.15, -0.1) is 0 Å². The number of carbonyl (C=O) groups excluding carboxylic acids is 1. The quantitative estimate of drug-likeness (QED) is 0.776. The molecule has 1 aromatic carbocycles. The summed E-state index contributed by atoms with van der Waals surface area (Å²) in [5.74, 6) is -0.136. The molecule has 0 saturated carbocycles. The maximum atomic E-state index is 12.1. The number of aromatic nitrogens is 3. The Bertz CT molecular complexity index is 558. The topological polar surface area (TPSA) is 59.8 Å². The summed E-state index contributed by atoms with van der Waals surface area (Å²) >= 11 is 5.60. The van der Waals surface area contributed by atoms with Crippen LogP contribution in [0.25, 0.3) is 0 Å². The highest BCUT2D eigenvalue weighted by molar-refractivity contribution is 14.1. The molecule has 7 heteroatoms. The van der Waals surface area contributed by atoms with Crippen molar-refractivity contribution < 1.29 is 4.79 Å². The van der Waals surface area contributed by atoms with Gasteiger partial charge in [0.15, 0.2) is 0 Å². The first-order valence-corrected chi connectivity index (χ1v) is 7.05. The van der Waals surface area contributed by atoms with Gasteiger partial charge in [-0.05, 0) is 63.6 Å². The van der Waals surface area contributed by atoms with Crippen LogP contribution in [0, 0.1) is 3.57 Å². The number of carbonyl (C=O) groups is 1. The molecule has 1 heterocycles. The number of hydrogen-bond acceptors (Lipinski definition) is 3. The molecule has 1 amide bonds. The number of nitrogens with one attached hydrogen (secondary N) is 1. The van der Waals surface area contributed by atoms with Crippen molar-refractivity contribution in [3.63, 3.8) is 0 Å². The van der Waals surface area contributed by atoms with E-state index in [-0.39, 0.29) is 5.91 Å². The Morgan fingerprint density at radius 3 is 3.00 bits per heavy atom. The highest BCUT2D eigenvalue weighted by Gasteiger charge is 2.16. The van der Waals surface area contributed by atoms with E-state index in [9.17, 15) is 4.79 Å². The highest BCUT2D eigenvalue weighted by atomic mass is 127. The molecule has 0 aliphatic carbocycles. The maximum Gasteiger partial charge on any atom is 0.249 e. The monoisotopic (exact) mass is 420 g/mol. The Morgan fingerprint density at radius 2 is 2.33 bits per heavy atom. The molecule has 0 aliphatic heterocycles. The van der Waals surface area contributed by atoms with Crippen LogP contribution in [0.15, 0.2) is 35.3 Å². The van der Waals surface area contributed by atoms with Crippen molar-refractivity contribution in [3.8, 4) is 0 Å². The van der Waals surface area contributed by atoms with Gasteiger partial charge in [0.05, 0.1) is 5.69 Å². The summed E-state index contributed by atoms with van der Waals surface area (Å²) in [6.45, 7) is 1.77. The molecule has 0 aliphatic rings. The number of nitrogens with zero attached hydrogens (tertiary/aromatic N) is 3. The minimum atomic E-state index is -0.405. The number of rotatable bonds is 3. The van der Waals surface area contributed by atoms with Gasteiger partial charge in [-0.25, -0.2) is 9.67 Å². The molecule has 0 saturated heterocycles. The number of halogens is 2. The smallest absolute Gasteiger partial charge is 0.249 e. The van der Waals surface area contributed by atoms with Crippen molar-refractivity contribution in [3.05, 3.63) is 38.9 Å². The van der Waals surface area contributed by atoms with E-state index in [1.165, 1.54) is 17.3 Å². The molecule has 2 aromatic rings. The van der Waals surface area contributed by atoms with E-state index in [2.05, 4.69) is 53.9 Å². The molecule has 2 rings (SSSR count). The molecular formula is C11H10BrIN4O. The molecule has 0 radical (unpaired) electrons. The number of anilines is 1. The van der Waals surface area contributed by atoms with Gasteiger partial charge >= 0.3 is 0 Å². The van der Waals surface area contributed by atoms with Crippen LogP contribution in [0.1, 0.15) is 13.0 Å². The first-order chi connectivity index (χ1) is 8.58. The summed E-state index contributed by atoms with van der Waals surface area (Å²) in [4.78, 5) is 15.9. The zero-order chi connectivity index (χ0) is 13.1. The molecule has 1 N–H and O–H groups in total. The van der Waals surface area contributed by atoms with Crippen LogP contribution in [0.5, 0.6) is 0 Å². The van der Waals surface area contributed by atoms with Gasteiger partial charge in [0.2, 0.25) is 5.91 Å². The first-order valence-electron chi connectivity index (χ1n) is 5.18. The maximum absolute atomic E-state index is 12.1. The van der Waals surface area contributed by atoms with Crippen LogP contribution in [-0.2, 0) is 4.79 Å². The number of hydrogen-bond donors (Lipinski definition) is 1. The molecule has 18 heavy (non-hydrogen) atoms. The van der Waals surface area contributed by atoms with Crippen LogP contribution >= 0.6 is 38.5 Å². The van der Waals surface area contributed by atoms with Crippen LogP contribution < -0.4 is 5.32 Å². The van der Waals surface area contributed by atoms with Crippen molar-refractivity contribution in [2.45, 2.75) is 13.0 Å². The summed E-state index contributed by atoms with van der Waals surface area (Å²) in [5.41, 5.74) is 0.749.